The molecule has 0 saturated carbocycles. The Morgan fingerprint density at radius 3 is 2.23 bits per heavy atom. The van der Waals surface area contributed by atoms with E-state index in [2.05, 4.69) is 15.9 Å². The molecular formula is C22H19BrO3. The topological polar surface area (TPSA) is 35.5 Å². The number of hydrogen-bond acceptors (Lipinski definition) is 3. The molecule has 4 heteroatoms. The lowest BCUT2D eigenvalue weighted by Gasteiger charge is -2.10. The Hall–Kier alpha value is -2.59. The van der Waals surface area contributed by atoms with Gasteiger partial charge in [0.15, 0.2) is 6.61 Å². The van der Waals surface area contributed by atoms with Gasteiger partial charge in [-0.2, -0.15) is 0 Å². The van der Waals surface area contributed by atoms with E-state index in [-0.39, 0.29) is 6.61 Å². The van der Waals surface area contributed by atoms with Crippen molar-refractivity contribution in [3.63, 3.8) is 0 Å². The second-order valence-corrected chi connectivity index (χ2v) is 6.95. The van der Waals surface area contributed by atoms with Crippen molar-refractivity contribution in [1.29, 1.82) is 0 Å². The van der Waals surface area contributed by atoms with Crippen LogP contribution in [0.4, 0.5) is 0 Å². The molecule has 3 aromatic rings. The highest BCUT2D eigenvalue weighted by molar-refractivity contribution is 9.10. The zero-order valence-corrected chi connectivity index (χ0v) is 16.2. The Balaban J connectivity index is 1.63. The molecule has 0 atom stereocenters. The molecule has 0 radical (unpaired) electrons. The van der Waals surface area contributed by atoms with Crippen molar-refractivity contribution < 1.29 is 14.3 Å². The number of esters is 1. The van der Waals surface area contributed by atoms with E-state index in [9.17, 15) is 4.79 Å². The van der Waals surface area contributed by atoms with Gasteiger partial charge in [-0.25, -0.2) is 4.79 Å². The highest BCUT2D eigenvalue weighted by Gasteiger charge is 2.10. The van der Waals surface area contributed by atoms with Crippen molar-refractivity contribution in [1.82, 2.24) is 0 Å². The maximum atomic E-state index is 12.0. The van der Waals surface area contributed by atoms with Crippen molar-refractivity contribution in [3.8, 4) is 22.6 Å². The molecule has 0 heterocycles. The lowest BCUT2D eigenvalue weighted by molar-refractivity contribution is -0.136. The predicted octanol–water partition coefficient (Wildman–Crippen LogP) is 5.72. The Bertz CT molecular complexity index is 900. The molecule has 0 aliphatic rings. The summed E-state index contributed by atoms with van der Waals surface area (Å²) in [6, 6.07) is 21.5. The lowest BCUT2D eigenvalue weighted by Crippen LogP contribution is -2.18. The van der Waals surface area contributed by atoms with Crippen LogP contribution in [0.25, 0.3) is 11.1 Å². The summed E-state index contributed by atoms with van der Waals surface area (Å²) in [7, 11) is 0. The van der Waals surface area contributed by atoms with Gasteiger partial charge >= 0.3 is 5.97 Å². The third kappa shape index (κ3) is 4.73. The summed E-state index contributed by atoms with van der Waals surface area (Å²) in [4.78, 5) is 12.0. The van der Waals surface area contributed by atoms with E-state index in [1.165, 1.54) is 0 Å². The quantitative estimate of drug-likeness (QED) is 0.398. The fraction of sp³-hybridized carbons (Fsp3) is 0.136. The first kappa shape index (κ1) is 18.2. The standard InChI is InChI=1S/C22H19BrO3/c1-15-10-16(2)12-19(11-15)26-22(24)14-25-21-9-8-18(13-20(21)23)17-6-4-3-5-7-17/h3-13H,14H2,1-2H3. The second-order valence-electron chi connectivity index (χ2n) is 6.10. The van der Waals surface area contributed by atoms with Gasteiger partial charge in [0.25, 0.3) is 0 Å². The Kier molecular flexibility index (Phi) is 5.74. The molecular weight excluding hydrogens is 392 g/mol. The normalized spacial score (nSPS) is 10.4. The molecule has 0 N–H and O–H groups in total. The molecule has 0 aliphatic carbocycles. The van der Waals surface area contributed by atoms with E-state index in [1.54, 1.807) is 0 Å². The van der Waals surface area contributed by atoms with Crippen LogP contribution in [-0.2, 0) is 4.79 Å². The molecule has 3 rings (SSSR count). The summed E-state index contributed by atoms with van der Waals surface area (Å²) in [5, 5.41) is 0. The van der Waals surface area contributed by atoms with Gasteiger partial charge in [-0.05, 0) is 76.3 Å². The molecule has 3 aromatic carbocycles. The van der Waals surface area contributed by atoms with Gasteiger partial charge in [-0.3, -0.25) is 0 Å². The van der Waals surface area contributed by atoms with Crippen molar-refractivity contribution >= 4 is 21.9 Å². The van der Waals surface area contributed by atoms with Crippen LogP contribution in [0, 0.1) is 13.8 Å². The average molecular weight is 411 g/mol. The number of aryl methyl sites for hydroxylation is 2. The van der Waals surface area contributed by atoms with Gasteiger partial charge in [0.1, 0.15) is 11.5 Å². The Labute approximate surface area is 161 Å². The van der Waals surface area contributed by atoms with Crippen LogP contribution in [0.2, 0.25) is 0 Å². The SMILES string of the molecule is Cc1cc(C)cc(OC(=O)COc2ccc(-c3ccccc3)cc2Br)c1. The number of ether oxygens (including phenoxy) is 2. The fourth-order valence-corrected chi connectivity index (χ4v) is 3.21. The Morgan fingerprint density at radius 2 is 1.58 bits per heavy atom. The number of benzene rings is 3. The largest absolute Gasteiger partial charge is 0.481 e. The molecule has 0 aliphatic heterocycles. The minimum absolute atomic E-state index is 0.156. The van der Waals surface area contributed by atoms with Gasteiger partial charge in [0.05, 0.1) is 4.47 Å². The van der Waals surface area contributed by atoms with E-state index in [0.29, 0.717) is 11.5 Å². The van der Waals surface area contributed by atoms with Crippen LogP contribution in [-0.4, -0.2) is 12.6 Å². The zero-order valence-electron chi connectivity index (χ0n) is 14.7. The van der Waals surface area contributed by atoms with E-state index < -0.39 is 5.97 Å². The summed E-state index contributed by atoms with van der Waals surface area (Å²) >= 11 is 3.50. The van der Waals surface area contributed by atoms with Crippen LogP contribution in [0.3, 0.4) is 0 Å². The molecule has 0 fully saturated rings. The van der Waals surface area contributed by atoms with Crippen molar-refractivity contribution in [2.75, 3.05) is 6.61 Å². The van der Waals surface area contributed by atoms with Gasteiger partial charge in [0.2, 0.25) is 0 Å². The maximum Gasteiger partial charge on any atom is 0.349 e. The highest BCUT2D eigenvalue weighted by atomic mass is 79.9. The van der Waals surface area contributed by atoms with Crippen LogP contribution >= 0.6 is 15.9 Å². The summed E-state index contributed by atoms with van der Waals surface area (Å²) in [6.07, 6.45) is 0. The lowest BCUT2D eigenvalue weighted by atomic mass is 10.1. The summed E-state index contributed by atoms with van der Waals surface area (Å²) in [5.74, 6) is 0.700. The minimum atomic E-state index is -0.436. The van der Waals surface area contributed by atoms with E-state index in [0.717, 1.165) is 26.7 Å². The van der Waals surface area contributed by atoms with Crippen LogP contribution in [0.5, 0.6) is 11.5 Å². The monoisotopic (exact) mass is 410 g/mol. The van der Waals surface area contributed by atoms with Gasteiger partial charge in [-0.15, -0.1) is 0 Å². The molecule has 26 heavy (non-hydrogen) atoms. The van der Waals surface area contributed by atoms with Gasteiger partial charge in [0, 0.05) is 0 Å². The molecule has 0 spiro atoms. The molecule has 0 amide bonds. The average Bonchev–Trinajstić information content (AvgIpc) is 2.60. The first-order chi connectivity index (χ1) is 12.5. The summed E-state index contributed by atoms with van der Waals surface area (Å²) < 4.78 is 11.7. The third-order valence-corrected chi connectivity index (χ3v) is 4.43. The number of rotatable bonds is 5. The summed E-state index contributed by atoms with van der Waals surface area (Å²) in [5.41, 5.74) is 4.29. The van der Waals surface area contributed by atoms with Crippen molar-refractivity contribution in [2.24, 2.45) is 0 Å². The molecule has 0 bridgehead atoms. The van der Waals surface area contributed by atoms with Crippen LogP contribution in [0.15, 0.2) is 71.2 Å². The van der Waals surface area contributed by atoms with Crippen molar-refractivity contribution in [3.05, 3.63) is 82.3 Å². The van der Waals surface area contributed by atoms with E-state index >= 15 is 0 Å². The first-order valence-electron chi connectivity index (χ1n) is 8.28. The number of halogens is 1. The predicted molar refractivity (Wildman–Crippen MR) is 107 cm³/mol. The third-order valence-electron chi connectivity index (χ3n) is 3.81. The maximum absolute atomic E-state index is 12.0. The highest BCUT2D eigenvalue weighted by Crippen LogP contribution is 2.30. The van der Waals surface area contributed by atoms with Gasteiger partial charge in [-0.1, -0.05) is 42.5 Å². The molecule has 3 nitrogen and oxygen atoms in total. The summed E-state index contributed by atoms with van der Waals surface area (Å²) in [6.45, 7) is 3.77. The van der Waals surface area contributed by atoms with E-state index in [4.69, 9.17) is 9.47 Å². The fourth-order valence-electron chi connectivity index (χ4n) is 2.72. The minimum Gasteiger partial charge on any atom is -0.481 e. The zero-order chi connectivity index (χ0) is 18.5. The molecule has 132 valence electrons. The number of hydrogen-bond donors (Lipinski definition) is 0. The molecule has 0 saturated heterocycles. The molecule has 0 unspecified atom stereocenters. The Morgan fingerprint density at radius 1 is 0.885 bits per heavy atom. The smallest absolute Gasteiger partial charge is 0.349 e. The number of carbonyl (C=O) groups excluding carboxylic acids is 1. The second kappa shape index (κ2) is 8.19. The molecule has 0 aromatic heterocycles. The van der Waals surface area contributed by atoms with Crippen molar-refractivity contribution in [2.45, 2.75) is 13.8 Å². The van der Waals surface area contributed by atoms with Crippen LogP contribution < -0.4 is 9.47 Å². The number of carbonyl (C=O) groups is 1. The van der Waals surface area contributed by atoms with Crippen LogP contribution in [0.1, 0.15) is 11.1 Å². The first-order valence-corrected chi connectivity index (χ1v) is 9.07. The van der Waals surface area contributed by atoms with Gasteiger partial charge < -0.3 is 9.47 Å². The van der Waals surface area contributed by atoms with E-state index in [1.807, 2.05) is 80.6 Å².